The van der Waals surface area contributed by atoms with Crippen LogP contribution in [0, 0.1) is 5.82 Å². The van der Waals surface area contributed by atoms with Gasteiger partial charge in [0.2, 0.25) is 0 Å². The van der Waals surface area contributed by atoms with Gasteiger partial charge in [-0.25, -0.2) is 18.9 Å². The van der Waals surface area contributed by atoms with Crippen molar-refractivity contribution in [1.82, 2.24) is 19.7 Å². The maximum absolute atomic E-state index is 13.3. The van der Waals surface area contributed by atoms with E-state index in [9.17, 15) is 40.6 Å². The minimum absolute atomic E-state index is 0.0418. The number of hydrogen-bond acceptors (Lipinski definition) is 4. The van der Waals surface area contributed by atoms with E-state index in [2.05, 4.69) is 15.1 Å². The molecular weight excluding hydrogens is 437 g/mol. The van der Waals surface area contributed by atoms with Crippen LogP contribution < -0.4 is 0 Å². The molecule has 0 saturated heterocycles. The van der Waals surface area contributed by atoms with Crippen LogP contribution in [0.15, 0.2) is 43.0 Å². The van der Waals surface area contributed by atoms with Crippen molar-refractivity contribution in [2.45, 2.75) is 12.4 Å². The second kappa shape index (κ2) is 7.81. The average molecular weight is 446 g/mol. The quantitative estimate of drug-likeness (QED) is 0.468. The lowest BCUT2D eigenvalue weighted by Gasteiger charge is -2.13. The lowest BCUT2D eigenvalue weighted by molar-refractivity contribution is -0.143. The molecule has 0 bridgehead atoms. The van der Waals surface area contributed by atoms with E-state index in [1.54, 1.807) is 0 Å². The molecule has 0 atom stereocenters. The maximum atomic E-state index is 13.3. The number of pyridine rings is 1. The number of carboxylic acids is 1. The highest BCUT2D eigenvalue weighted by molar-refractivity contribution is 6.19. The summed E-state index contributed by atoms with van der Waals surface area (Å²) in [5, 5.41) is 13.0. The molecule has 0 radical (unpaired) electrons. The van der Waals surface area contributed by atoms with Gasteiger partial charge in [-0.3, -0.25) is 4.98 Å². The third-order valence-electron chi connectivity index (χ3n) is 3.86. The van der Waals surface area contributed by atoms with Gasteiger partial charge in [0.05, 0.1) is 22.9 Å². The summed E-state index contributed by atoms with van der Waals surface area (Å²) >= 11 is 0. The number of rotatable bonds is 4. The van der Waals surface area contributed by atoms with Crippen LogP contribution in [-0.4, -0.2) is 30.8 Å². The Labute approximate surface area is 168 Å². The van der Waals surface area contributed by atoms with E-state index in [1.807, 2.05) is 0 Å². The van der Waals surface area contributed by atoms with Crippen LogP contribution >= 0.6 is 0 Å². The molecule has 0 aliphatic heterocycles. The van der Waals surface area contributed by atoms with Gasteiger partial charge in [-0.05, 0) is 24.3 Å². The Bertz CT molecular complexity index is 1130. The second-order valence-electron chi connectivity index (χ2n) is 6.08. The van der Waals surface area contributed by atoms with Crippen LogP contribution in [0.1, 0.15) is 16.7 Å². The Morgan fingerprint density at radius 3 is 2.10 bits per heavy atom. The van der Waals surface area contributed by atoms with E-state index in [4.69, 9.17) is 0 Å². The Hall–Kier alpha value is -3.77. The van der Waals surface area contributed by atoms with Gasteiger partial charge >= 0.3 is 18.3 Å². The van der Waals surface area contributed by atoms with Gasteiger partial charge in [-0.2, -0.15) is 26.3 Å². The van der Waals surface area contributed by atoms with Gasteiger partial charge in [0.25, 0.3) is 0 Å². The summed E-state index contributed by atoms with van der Waals surface area (Å²) in [6, 6.07) is 1.70. The molecule has 0 aliphatic carbocycles. The van der Waals surface area contributed by atoms with Crippen LogP contribution in [0.25, 0.3) is 23.2 Å². The molecule has 2 aromatic heterocycles. The first-order valence-corrected chi connectivity index (χ1v) is 8.11. The molecular formula is C18H9F7N4O2. The topological polar surface area (TPSA) is 80.9 Å². The molecule has 0 spiro atoms. The number of aromatic nitrogens is 4. The number of aliphatic carboxylic acids is 1. The normalized spacial score (nSPS) is 12.8. The summed E-state index contributed by atoms with van der Waals surface area (Å²) in [5.41, 5.74) is -4.34. The van der Waals surface area contributed by atoms with E-state index in [1.165, 1.54) is 0 Å². The molecule has 0 aliphatic rings. The van der Waals surface area contributed by atoms with E-state index in [0.717, 1.165) is 35.7 Å². The highest BCUT2D eigenvalue weighted by Crippen LogP contribution is 2.38. The predicted octanol–water partition coefficient (Wildman–Crippen LogP) is 4.60. The summed E-state index contributed by atoms with van der Waals surface area (Å²) in [5.74, 6) is -2.86. The molecule has 3 rings (SSSR count). The third kappa shape index (κ3) is 5.05. The molecule has 1 N–H and O–H groups in total. The number of nitrogens with zero attached hydrogens (tertiary/aromatic N) is 4. The van der Waals surface area contributed by atoms with Gasteiger partial charge in [-0.15, -0.1) is 5.10 Å². The van der Waals surface area contributed by atoms with E-state index >= 15 is 0 Å². The average Bonchev–Trinajstić information content (AvgIpc) is 3.13. The number of carbonyl (C=O) groups is 1. The number of benzene rings is 1. The number of halogens is 7. The van der Waals surface area contributed by atoms with Crippen LogP contribution in [-0.2, 0) is 17.1 Å². The Morgan fingerprint density at radius 2 is 1.58 bits per heavy atom. The van der Waals surface area contributed by atoms with Gasteiger partial charge in [0.15, 0.2) is 5.82 Å². The largest absolute Gasteiger partial charge is 0.478 e. The fourth-order valence-electron chi connectivity index (χ4n) is 2.50. The zero-order valence-corrected chi connectivity index (χ0v) is 14.9. The molecule has 3 aromatic rings. The Morgan fingerprint density at radius 1 is 0.968 bits per heavy atom. The highest BCUT2D eigenvalue weighted by atomic mass is 19.4. The first-order valence-electron chi connectivity index (χ1n) is 8.11. The third-order valence-corrected chi connectivity index (χ3v) is 3.86. The Kier molecular flexibility index (Phi) is 5.53. The first kappa shape index (κ1) is 21.9. The van der Waals surface area contributed by atoms with Crippen LogP contribution in [0.5, 0.6) is 0 Å². The van der Waals surface area contributed by atoms with Crippen LogP contribution in [0.4, 0.5) is 30.7 Å². The zero-order valence-electron chi connectivity index (χ0n) is 14.9. The van der Waals surface area contributed by atoms with Crippen molar-refractivity contribution in [2.24, 2.45) is 0 Å². The van der Waals surface area contributed by atoms with Gasteiger partial charge < -0.3 is 5.11 Å². The van der Waals surface area contributed by atoms with Crippen molar-refractivity contribution in [2.75, 3.05) is 0 Å². The molecule has 2 heterocycles. The molecule has 162 valence electrons. The van der Waals surface area contributed by atoms with Gasteiger partial charge in [-0.1, -0.05) is 0 Å². The van der Waals surface area contributed by atoms with Crippen molar-refractivity contribution in [3.8, 4) is 11.4 Å². The van der Waals surface area contributed by atoms with Crippen LogP contribution in [0.3, 0.4) is 0 Å². The summed E-state index contributed by atoms with van der Waals surface area (Å²) in [7, 11) is 0. The molecule has 0 amide bonds. The summed E-state index contributed by atoms with van der Waals surface area (Å²) in [6.07, 6.45) is -6.50. The summed E-state index contributed by atoms with van der Waals surface area (Å²) in [4.78, 5) is 18.6. The summed E-state index contributed by atoms with van der Waals surface area (Å²) in [6.45, 7) is 0. The molecule has 0 saturated carbocycles. The van der Waals surface area contributed by atoms with Crippen molar-refractivity contribution in [3.63, 3.8) is 0 Å². The molecule has 1 aromatic carbocycles. The highest BCUT2D eigenvalue weighted by Gasteiger charge is 2.37. The second-order valence-corrected chi connectivity index (χ2v) is 6.08. The van der Waals surface area contributed by atoms with Crippen molar-refractivity contribution >= 4 is 17.7 Å². The van der Waals surface area contributed by atoms with Crippen LogP contribution in [0.2, 0.25) is 0 Å². The smallest absolute Gasteiger partial charge is 0.416 e. The first-order chi connectivity index (χ1) is 14.3. The van der Waals surface area contributed by atoms with Gasteiger partial charge in [0, 0.05) is 23.5 Å². The van der Waals surface area contributed by atoms with Gasteiger partial charge in [0.1, 0.15) is 12.1 Å². The monoisotopic (exact) mass is 446 g/mol. The molecule has 31 heavy (non-hydrogen) atoms. The molecule has 0 fully saturated rings. The standard InChI is InChI=1S/C18H9F7N4O2/c19-13-3-10(5-26-6-13)14(16(30)31)7-29-8-27-15(28-29)9-1-11(17(20,21)22)4-12(2-9)18(23,24)25/h1-8H,(H,30,31)/b14-7-. The fourth-order valence-corrected chi connectivity index (χ4v) is 2.50. The predicted molar refractivity (Wildman–Crippen MR) is 91.5 cm³/mol. The number of hydrogen-bond donors (Lipinski definition) is 1. The molecule has 13 heteroatoms. The van der Waals surface area contributed by atoms with Crippen molar-refractivity contribution < 1.29 is 40.6 Å². The molecule has 6 nitrogen and oxygen atoms in total. The fraction of sp³-hybridized carbons (Fsp3) is 0.111. The number of alkyl halides is 6. The van der Waals surface area contributed by atoms with E-state index in [0.29, 0.717) is 12.1 Å². The lowest BCUT2D eigenvalue weighted by Crippen LogP contribution is -2.11. The van der Waals surface area contributed by atoms with Crippen molar-refractivity contribution in [3.05, 3.63) is 65.5 Å². The minimum atomic E-state index is -5.06. The Balaban J connectivity index is 2.07. The SMILES string of the molecule is O=C(O)/C(=C\n1cnc(-c2cc(C(F)(F)F)cc(C(F)(F)F)c2)n1)c1cncc(F)c1. The van der Waals surface area contributed by atoms with E-state index < -0.39 is 52.2 Å². The van der Waals surface area contributed by atoms with E-state index in [-0.39, 0.29) is 11.6 Å². The maximum Gasteiger partial charge on any atom is 0.416 e. The summed E-state index contributed by atoms with van der Waals surface area (Å²) < 4.78 is 92.2. The van der Waals surface area contributed by atoms with Crippen molar-refractivity contribution in [1.29, 1.82) is 0 Å². The zero-order chi connectivity index (χ0) is 23.0. The number of carboxylic acid groups (broad SMARTS) is 1. The molecule has 0 unspecified atom stereocenters. The lowest BCUT2D eigenvalue weighted by atomic mass is 10.0. The minimum Gasteiger partial charge on any atom is -0.478 e.